The Balaban J connectivity index is 2.94. The van der Waals surface area contributed by atoms with Crippen LogP contribution in [-0.2, 0) is 9.47 Å². The molecule has 0 radical (unpaired) electrons. The lowest BCUT2D eigenvalue weighted by Crippen LogP contribution is -2.27. The Morgan fingerprint density at radius 2 is 2.00 bits per heavy atom. The zero-order valence-electron chi connectivity index (χ0n) is 10.2. The van der Waals surface area contributed by atoms with Crippen molar-refractivity contribution in [2.45, 2.75) is 26.4 Å². The molecular formula is C10H15N3O4. The smallest absolute Gasteiger partial charge is 0.435 e. The van der Waals surface area contributed by atoms with Gasteiger partial charge >= 0.3 is 12.1 Å². The van der Waals surface area contributed by atoms with Crippen molar-refractivity contribution >= 4 is 17.7 Å². The number of aromatic nitrogens is 2. The monoisotopic (exact) mass is 241 g/mol. The van der Waals surface area contributed by atoms with Crippen LogP contribution < -0.4 is 5.73 Å². The molecule has 0 unspecified atom stereocenters. The van der Waals surface area contributed by atoms with Gasteiger partial charge < -0.3 is 15.2 Å². The summed E-state index contributed by atoms with van der Waals surface area (Å²) in [7, 11) is 1.20. The number of methoxy groups -OCH3 is 1. The molecule has 1 aromatic heterocycles. The molecule has 0 spiro atoms. The van der Waals surface area contributed by atoms with Crippen LogP contribution in [0.2, 0.25) is 0 Å². The summed E-state index contributed by atoms with van der Waals surface area (Å²) in [5, 5.41) is 3.71. The van der Waals surface area contributed by atoms with Gasteiger partial charge in [0.1, 0.15) is 5.60 Å². The van der Waals surface area contributed by atoms with Gasteiger partial charge in [0.25, 0.3) is 0 Å². The Kier molecular flexibility index (Phi) is 3.40. The summed E-state index contributed by atoms with van der Waals surface area (Å²) in [6.45, 7) is 5.16. The highest BCUT2D eigenvalue weighted by Crippen LogP contribution is 2.13. The molecule has 94 valence electrons. The van der Waals surface area contributed by atoms with Crippen molar-refractivity contribution in [3.05, 3.63) is 11.9 Å². The molecule has 0 aliphatic heterocycles. The summed E-state index contributed by atoms with van der Waals surface area (Å²) in [6, 6.07) is 0. The van der Waals surface area contributed by atoms with Crippen LogP contribution in [0.3, 0.4) is 0 Å². The van der Waals surface area contributed by atoms with E-state index >= 15 is 0 Å². The third-order valence-corrected chi connectivity index (χ3v) is 1.70. The van der Waals surface area contributed by atoms with Crippen molar-refractivity contribution < 1.29 is 19.1 Å². The van der Waals surface area contributed by atoms with E-state index in [1.165, 1.54) is 13.3 Å². The predicted octanol–water partition coefficient (Wildman–Crippen LogP) is 1.04. The van der Waals surface area contributed by atoms with Crippen LogP contribution in [0.5, 0.6) is 0 Å². The first-order valence-corrected chi connectivity index (χ1v) is 4.91. The highest BCUT2D eigenvalue weighted by Gasteiger charge is 2.22. The minimum Gasteiger partial charge on any atom is -0.464 e. The summed E-state index contributed by atoms with van der Waals surface area (Å²) < 4.78 is 10.4. The van der Waals surface area contributed by atoms with Gasteiger partial charge in [-0.15, -0.1) is 0 Å². The van der Waals surface area contributed by atoms with E-state index in [9.17, 15) is 9.59 Å². The maximum absolute atomic E-state index is 11.6. The lowest BCUT2D eigenvalue weighted by Gasteiger charge is -2.18. The number of carbonyl (C=O) groups excluding carboxylic acids is 2. The summed E-state index contributed by atoms with van der Waals surface area (Å²) in [4.78, 5) is 22.8. The van der Waals surface area contributed by atoms with Crippen molar-refractivity contribution in [3.8, 4) is 0 Å². The van der Waals surface area contributed by atoms with Crippen LogP contribution >= 0.6 is 0 Å². The SMILES string of the molecule is COC(=O)c1nn(C(=O)OC(C)(C)C)cc1N. The first kappa shape index (κ1) is 13.0. The molecule has 0 aliphatic rings. The molecule has 0 aliphatic carbocycles. The molecule has 1 aromatic rings. The second-order valence-electron chi connectivity index (χ2n) is 4.35. The number of hydrogen-bond donors (Lipinski definition) is 1. The molecule has 0 amide bonds. The van der Waals surface area contributed by atoms with Gasteiger partial charge in [-0.3, -0.25) is 0 Å². The molecule has 0 saturated heterocycles. The zero-order chi connectivity index (χ0) is 13.2. The first-order chi connectivity index (χ1) is 7.74. The Bertz CT molecular complexity index is 445. The van der Waals surface area contributed by atoms with Crippen molar-refractivity contribution in [2.24, 2.45) is 0 Å². The standard InChI is InChI=1S/C10H15N3O4/c1-10(2,3)17-9(15)13-5-6(11)7(12-13)8(14)16-4/h5H,11H2,1-4H3. The number of rotatable bonds is 1. The topological polar surface area (TPSA) is 96.4 Å². The second kappa shape index (κ2) is 4.44. The largest absolute Gasteiger partial charge is 0.464 e. The molecule has 0 bridgehead atoms. The number of nitrogen functional groups attached to an aromatic ring is 1. The second-order valence-corrected chi connectivity index (χ2v) is 4.35. The normalized spacial score (nSPS) is 11.1. The highest BCUT2D eigenvalue weighted by molar-refractivity contribution is 5.93. The van der Waals surface area contributed by atoms with Crippen molar-refractivity contribution in [1.29, 1.82) is 0 Å². The minimum absolute atomic E-state index is 0.0581. The molecule has 0 fully saturated rings. The number of carbonyl (C=O) groups is 2. The van der Waals surface area contributed by atoms with Gasteiger partial charge in [-0.1, -0.05) is 0 Å². The van der Waals surface area contributed by atoms with Crippen molar-refractivity contribution in [3.63, 3.8) is 0 Å². The summed E-state index contributed by atoms with van der Waals surface area (Å²) >= 11 is 0. The van der Waals surface area contributed by atoms with Crippen LogP contribution in [0.1, 0.15) is 31.3 Å². The highest BCUT2D eigenvalue weighted by atomic mass is 16.6. The van der Waals surface area contributed by atoms with E-state index in [1.807, 2.05) is 0 Å². The van der Waals surface area contributed by atoms with E-state index in [1.54, 1.807) is 20.8 Å². The third kappa shape index (κ3) is 3.20. The molecule has 0 aromatic carbocycles. The Hall–Kier alpha value is -2.05. The number of esters is 1. The van der Waals surface area contributed by atoms with Crippen LogP contribution in [-0.4, -0.2) is 34.6 Å². The maximum Gasteiger partial charge on any atom is 0.435 e. The number of anilines is 1. The van der Waals surface area contributed by atoms with Gasteiger partial charge in [0.2, 0.25) is 0 Å². The Morgan fingerprint density at radius 3 is 2.47 bits per heavy atom. The van der Waals surface area contributed by atoms with E-state index in [-0.39, 0.29) is 11.4 Å². The molecule has 0 atom stereocenters. The predicted molar refractivity (Wildman–Crippen MR) is 59.6 cm³/mol. The lowest BCUT2D eigenvalue weighted by atomic mass is 10.2. The van der Waals surface area contributed by atoms with Crippen LogP contribution in [0.15, 0.2) is 6.20 Å². The molecule has 2 N–H and O–H groups in total. The summed E-state index contributed by atoms with van der Waals surface area (Å²) in [5.74, 6) is -0.704. The van der Waals surface area contributed by atoms with Crippen LogP contribution in [0, 0.1) is 0 Å². The molecule has 1 heterocycles. The number of ether oxygens (including phenoxy) is 2. The fourth-order valence-corrected chi connectivity index (χ4v) is 1.04. The van der Waals surface area contributed by atoms with Gasteiger partial charge in [0, 0.05) is 0 Å². The molecule has 0 saturated carbocycles. The molecular weight excluding hydrogens is 226 g/mol. The maximum atomic E-state index is 11.6. The van der Waals surface area contributed by atoms with E-state index in [2.05, 4.69) is 9.84 Å². The minimum atomic E-state index is -0.709. The Labute approximate surface area is 98.5 Å². The average Bonchev–Trinajstić information content (AvgIpc) is 2.57. The number of nitrogens with two attached hydrogens (primary N) is 1. The van der Waals surface area contributed by atoms with E-state index < -0.39 is 17.7 Å². The number of hydrogen-bond acceptors (Lipinski definition) is 6. The van der Waals surface area contributed by atoms with Crippen molar-refractivity contribution in [1.82, 2.24) is 9.78 Å². The fourth-order valence-electron chi connectivity index (χ4n) is 1.04. The molecule has 17 heavy (non-hydrogen) atoms. The molecule has 1 rings (SSSR count). The van der Waals surface area contributed by atoms with Crippen LogP contribution in [0.25, 0.3) is 0 Å². The zero-order valence-corrected chi connectivity index (χ0v) is 10.2. The molecule has 7 heteroatoms. The van der Waals surface area contributed by atoms with E-state index in [4.69, 9.17) is 10.5 Å². The van der Waals surface area contributed by atoms with Crippen LogP contribution in [0.4, 0.5) is 10.5 Å². The average molecular weight is 241 g/mol. The molecule has 7 nitrogen and oxygen atoms in total. The van der Waals surface area contributed by atoms with Gasteiger partial charge in [-0.25, -0.2) is 9.59 Å². The summed E-state index contributed by atoms with van der Waals surface area (Å²) in [6.07, 6.45) is 0.500. The third-order valence-electron chi connectivity index (χ3n) is 1.70. The van der Waals surface area contributed by atoms with Gasteiger partial charge in [-0.05, 0) is 20.8 Å². The fraction of sp³-hybridized carbons (Fsp3) is 0.500. The van der Waals surface area contributed by atoms with Crippen molar-refractivity contribution in [2.75, 3.05) is 12.8 Å². The quantitative estimate of drug-likeness (QED) is 0.738. The van der Waals surface area contributed by atoms with Gasteiger partial charge in [0.15, 0.2) is 5.69 Å². The lowest BCUT2D eigenvalue weighted by molar-refractivity contribution is 0.0511. The van der Waals surface area contributed by atoms with Gasteiger partial charge in [-0.2, -0.15) is 9.78 Å². The number of nitrogens with zero attached hydrogens (tertiary/aromatic N) is 2. The first-order valence-electron chi connectivity index (χ1n) is 4.91. The summed E-state index contributed by atoms with van der Waals surface area (Å²) in [5.41, 5.74) is 4.82. The van der Waals surface area contributed by atoms with Gasteiger partial charge in [0.05, 0.1) is 19.0 Å². The van der Waals surface area contributed by atoms with E-state index in [0.29, 0.717) is 0 Å². The van der Waals surface area contributed by atoms with E-state index in [0.717, 1.165) is 4.68 Å². The Morgan fingerprint density at radius 1 is 1.41 bits per heavy atom.